The number of hydrogen-bond acceptors (Lipinski definition) is 4. The number of benzene rings is 2. The van der Waals surface area contributed by atoms with E-state index in [-0.39, 0.29) is 21.4 Å². The number of rotatable bonds is 7. The smallest absolute Gasteiger partial charge is 0.255 e. The normalized spacial score (nSPS) is 15.1. The molecule has 0 radical (unpaired) electrons. The molecule has 2 N–H and O–H groups in total. The number of nitrogens with zero attached hydrogens (tertiary/aromatic N) is 1. The highest BCUT2D eigenvalue weighted by Gasteiger charge is 2.28. The number of amides is 2. The van der Waals surface area contributed by atoms with Gasteiger partial charge in [-0.05, 0) is 49.6 Å². The van der Waals surface area contributed by atoms with Crippen molar-refractivity contribution < 1.29 is 18.0 Å². The van der Waals surface area contributed by atoms with E-state index in [4.69, 9.17) is 11.6 Å². The van der Waals surface area contributed by atoms with Crippen molar-refractivity contribution in [2.75, 3.05) is 25.0 Å². The van der Waals surface area contributed by atoms with Gasteiger partial charge in [-0.1, -0.05) is 43.5 Å². The zero-order valence-electron chi connectivity index (χ0n) is 18.1. The van der Waals surface area contributed by atoms with Gasteiger partial charge in [0.2, 0.25) is 10.0 Å². The molecule has 0 saturated carbocycles. The largest absolute Gasteiger partial charge is 0.352 e. The molecule has 1 aliphatic rings. The molecule has 32 heavy (non-hydrogen) atoms. The van der Waals surface area contributed by atoms with Crippen molar-refractivity contribution in [1.29, 1.82) is 0 Å². The van der Waals surface area contributed by atoms with Gasteiger partial charge in [0.1, 0.15) is 4.90 Å². The van der Waals surface area contributed by atoms with Gasteiger partial charge in [0.05, 0.1) is 16.3 Å². The number of carbonyl (C=O) groups is 2. The summed E-state index contributed by atoms with van der Waals surface area (Å²) in [5, 5.41) is 5.58. The summed E-state index contributed by atoms with van der Waals surface area (Å²) in [5.41, 5.74) is 0.824. The van der Waals surface area contributed by atoms with Crippen molar-refractivity contribution in [3.8, 4) is 0 Å². The van der Waals surface area contributed by atoms with Crippen LogP contribution in [0.5, 0.6) is 0 Å². The minimum atomic E-state index is -3.82. The summed E-state index contributed by atoms with van der Waals surface area (Å²) in [6, 6.07) is 10.9. The van der Waals surface area contributed by atoms with Gasteiger partial charge < -0.3 is 10.6 Å². The summed E-state index contributed by atoms with van der Waals surface area (Å²) in [4.78, 5) is 25.3. The summed E-state index contributed by atoms with van der Waals surface area (Å²) < 4.78 is 27.8. The summed E-state index contributed by atoms with van der Waals surface area (Å²) in [7, 11) is -3.82. The highest BCUT2D eigenvalue weighted by molar-refractivity contribution is 7.89. The van der Waals surface area contributed by atoms with Gasteiger partial charge in [-0.3, -0.25) is 9.59 Å². The van der Waals surface area contributed by atoms with Crippen LogP contribution in [0.3, 0.4) is 0 Å². The van der Waals surface area contributed by atoms with Crippen LogP contribution in [0.15, 0.2) is 47.4 Å². The maximum Gasteiger partial charge on any atom is 0.255 e. The number of anilines is 1. The van der Waals surface area contributed by atoms with Crippen LogP contribution in [-0.2, 0) is 10.0 Å². The Morgan fingerprint density at radius 2 is 1.69 bits per heavy atom. The summed E-state index contributed by atoms with van der Waals surface area (Å²) in [6.07, 6.45) is 4.38. The Morgan fingerprint density at radius 1 is 1.00 bits per heavy atom. The molecule has 0 aromatic heterocycles. The third-order valence-electron chi connectivity index (χ3n) is 5.33. The lowest BCUT2D eigenvalue weighted by Crippen LogP contribution is -2.32. The minimum Gasteiger partial charge on any atom is -0.352 e. The predicted octanol–water partition coefficient (Wildman–Crippen LogP) is 4.30. The van der Waals surface area contributed by atoms with Crippen molar-refractivity contribution in [1.82, 2.24) is 9.62 Å². The number of hydrogen-bond donors (Lipinski definition) is 2. The molecule has 0 bridgehead atoms. The van der Waals surface area contributed by atoms with E-state index in [1.54, 1.807) is 24.3 Å². The molecule has 9 heteroatoms. The molecule has 2 aromatic carbocycles. The third-order valence-corrected chi connectivity index (χ3v) is 7.71. The molecule has 0 spiro atoms. The Morgan fingerprint density at radius 3 is 2.38 bits per heavy atom. The molecule has 2 aromatic rings. The molecule has 2 amide bonds. The molecule has 0 aliphatic carbocycles. The van der Waals surface area contributed by atoms with Crippen LogP contribution in [0.4, 0.5) is 5.69 Å². The van der Waals surface area contributed by atoms with Crippen molar-refractivity contribution in [2.24, 2.45) is 0 Å². The van der Waals surface area contributed by atoms with Crippen LogP contribution < -0.4 is 10.6 Å². The van der Waals surface area contributed by atoms with E-state index in [1.165, 1.54) is 22.5 Å². The van der Waals surface area contributed by atoms with Crippen LogP contribution in [0.25, 0.3) is 0 Å². The molecule has 0 unspecified atom stereocenters. The summed E-state index contributed by atoms with van der Waals surface area (Å²) in [6.45, 7) is 3.35. The standard InChI is InChI=1S/C23H28ClN3O4S/c1-2-13-25-23(29)18-9-5-6-10-20(18)26-22(28)17-11-12-19(24)21(16-17)32(30,31)27-14-7-3-4-8-15-27/h5-6,9-12,16H,2-4,7-8,13-15H2,1H3,(H,25,29)(H,26,28). The van der Waals surface area contributed by atoms with Crippen molar-refractivity contribution in [3.63, 3.8) is 0 Å². The third kappa shape index (κ3) is 5.68. The lowest BCUT2D eigenvalue weighted by Gasteiger charge is -2.21. The van der Waals surface area contributed by atoms with E-state index in [0.29, 0.717) is 30.9 Å². The van der Waals surface area contributed by atoms with Gasteiger partial charge in [0.25, 0.3) is 11.8 Å². The van der Waals surface area contributed by atoms with Crippen LogP contribution in [0.1, 0.15) is 59.7 Å². The Hall–Kier alpha value is -2.42. The first-order valence-corrected chi connectivity index (χ1v) is 12.6. The summed E-state index contributed by atoms with van der Waals surface area (Å²) in [5.74, 6) is -0.812. The first-order valence-electron chi connectivity index (χ1n) is 10.8. The van der Waals surface area contributed by atoms with E-state index in [2.05, 4.69) is 10.6 Å². The number of nitrogens with one attached hydrogen (secondary N) is 2. The molecule has 1 fully saturated rings. The van der Waals surface area contributed by atoms with Gasteiger partial charge >= 0.3 is 0 Å². The average Bonchev–Trinajstić information content (AvgIpc) is 3.08. The lowest BCUT2D eigenvalue weighted by molar-refractivity contribution is 0.0954. The quantitative estimate of drug-likeness (QED) is 0.621. The molecule has 3 rings (SSSR count). The van der Waals surface area contributed by atoms with Crippen LogP contribution >= 0.6 is 11.6 Å². The fourth-order valence-corrected chi connectivity index (χ4v) is 5.60. The molecule has 7 nitrogen and oxygen atoms in total. The van der Waals surface area contributed by atoms with E-state index in [9.17, 15) is 18.0 Å². The number of carbonyl (C=O) groups excluding carboxylic acids is 2. The topological polar surface area (TPSA) is 95.6 Å². The van der Waals surface area contributed by atoms with Gasteiger partial charge in [0.15, 0.2) is 0 Å². The Labute approximate surface area is 194 Å². The maximum absolute atomic E-state index is 13.2. The van der Waals surface area contributed by atoms with E-state index >= 15 is 0 Å². The Kier molecular flexibility index (Phi) is 8.28. The zero-order chi connectivity index (χ0) is 23.1. The molecule has 1 heterocycles. The highest BCUT2D eigenvalue weighted by Crippen LogP contribution is 2.28. The van der Waals surface area contributed by atoms with Gasteiger partial charge in [-0.25, -0.2) is 8.42 Å². The average molecular weight is 478 g/mol. The van der Waals surface area contributed by atoms with Gasteiger partial charge in [-0.2, -0.15) is 4.31 Å². The Balaban J connectivity index is 1.86. The number of halogens is 1. The fourth-order valence-electron chi connectivity index (χ4n) is 3.58. The lowest BCUT2D eigenvalue weighted by atomic mass is 10.1. The second-order valence-corrected chi connectivity index (χ2v) is 10.0. The molecular weight excluding hydrogens is 450 g/mol. The molecule has 172 valence electrons. The Bertz CT molecular complexity index is 1080. The zero-order valence-corrected chi connectivity index (χ0v) is 19.6. The minimum absolute atomic E-state index is 0.0742. The number of para-hydroxylation sites is 1. The predicted molar refractivity (Wildman–Crippen MR) is 126 cm³/mol. The van der Waals surface area contributed by atoms with Crippen molar-refractivity contribution in [3.05, 3.63) is 58.6 Å². The molecule has 0 atom stereocenters. The van der Waals surface area contributed by atoms with E-state index in [1.807, 2.05) is 6.92 Å². The molecule has 1 aliphatic heterocycles. The van der Waals surface area contributed by atoms with Gasteiger partial charge in [0, 0.05) is 25.2 Å². The van der Waals surface area contributed by atoms with Crippen LogP contribution in [0, 0.1) is 0 Å². The van der Waals surface area contributed by atoms with E-state index in [0.717, 1.165) is 32.1 Å². The second kappa shape index (κ2) is 10.9. The number of sulfonamides is 1. The first-order chi connectivity index (χ1) is 15.3. The van der Waals surface area contributed by atoms with Crippen LogP contribution in [0.2, 0.25) is 5.02 Å². The fraction of sp³-hybridized carbons (Fsp3) is 0.391. The van der Waals surface area contributed by atoms with E-state index < -0.39 is 15.9 Å². The molecular formula is C23H28ClN3O4S. The summed E-state index contributed by atoms with van der Waals surface area (Å²) >= 11 is 6.23. The van der Waals surface area contributed by atoms with Gasteiger partial charge in [-0.15, -0.1) is 0 Å². The molecule has 1 saturated heterocycles. The second-order valence-electron chi connectivity index (χ2n) is 7.72. The monoisotopic (exact) mass is 477 g/mol. The van der Waals surface area contributed by atoms with Crippen molar-refractivity contribution >= 4 is 39.1 Å². The van der Waals surface area contributed by atoms with Crippen LogP contribution in [-0.4, -0.2) is 44.2 Å². The first kappa shape index (κ1) is 24.2. The SMILES string of the molecule is CCCNC(=O)c1ccccc1NC(=O)c1ccc(Cl)c(S(=O)(=O)N2CCCCCC2)c1. The maximum atomic E-state index is 13.2. The highest BCUT2D eigenvalue weighted by atomic mass is 35.5. The van der Waals surface area contributed by atoms with Crippen molar-refractivity contribution in [2.45, 2.75) is 43.9 Å².